The molecule has 0 spiro atoms. The van der Waals surface area contributed by atoms with Crippen LogP contribution in [0.15, 0.2) is 4.52 Å². The van der Waals surface area contributed by atoms with Crippen LogP contribution in [-0.4, -0.2) is 65.3 Å². The fraction of sp³-hybridized carbons (Fsp3) is 0.765. The van der Waals surface area contributed by atoms with Crippen molar-refractivity contribution in [3.8, 4) is 0 Å². The van der Waals surface area contributed by atoms with Gasteiger partial charge in [-0.05, 0) is 59.0 Å². The number of aryl methyl sites for hydroxylation is 1. The Morgan fingerprint density at radius 2 is 2.04 bits per heavy atom. The maximum atomic E-state index is 12.8. The second-order valence-electron chi connectivity index (χ2n) is 7.25. The Hall–Kier alpha value is -1.40. The third-order valence-corrected chi connectivity index (χ3v) is 4.97. The highest BCUT2D eigenvalue weighted by atomic mass is 16.5. The van der Waals surface area contributed by atoms with Gasteiger partial charge in [0.2, 0.25) is 5.76 Å². The zero-order valence-corrected chi connectivity index (χ0v) is 14.2. The van der Waals surface area contributed by atoms with Crippen molar-refractivity contribution in [3.63, 3.8) is 0 Å². The summed E-state index contributed by atoms with van der Waals surface area (Å²) in [6.45, 7) is 1.87. The molecular formula is C17H27N3O3. The van der Waals surface area contributed by atoms with Crippen molar-refractivity contribution in [2.24, 2.45) is 0 Å². The number of aliphatic hydroxyl groups is 1. The van der Waals surface area contributed by atoms with Gasteiger partial charge in [-0.2, -0.15) is 0 Å². The number of rotatable bonds is 3. The number of hydrogen-bond donors (Lipinski definition) is 1. The second kappa shape index (κ2) is 6.61. The number of fused-ring (bicyclic) bond motifs is 1. The molecule has 1 N–H and O–H groups in total. The minimum absolute atomic E-state index is 0.0604. The number of nitrogens with zero attached hydrogens (tertiary/aromatic N) is 3. The number of likely N-dealkylation sites (tertiary alicyclic amines) is 1. The summed E-state index contributed by atoms with van der Waals surface area (Å²) in [6.07, 6.45) is 6.15. The molecule has 1 saturated heterocycles. The fourth-order valence-electron chi connectivity index (χ4n) is 3.83. The van der Waals surface area contributed by atoms with Crippen molar-refractivity contribution < 1.29 is 14.4 Å². The quantitative estimate of drug-likeness (QED) is 0.913. The number of amides is 1. The normalized spacial score (nSPS) is 25.3. The highest BCUT2D eigenvalue weighted by Gasteiger charge is 2.34. The fourth-order valence-corrected chi connectivity index (χ4v) is 3.83. The maximum Gasteiger partial charge on any atom is 0.292 e. The predicted molar refractivity (Wildman–Crippen MR) is 86.4 cm³/mol. The molecule has 0 radical (unpaired) electrons. The van der Waals surface area contributed by atoms with Crippen LogP contribution in [0.1, 0.15) is 53.9 Å². The Balaban J connectivity index is 1.70. The zero-order chi connectivity index (χ0) is 16.4. The van der Waals surface area contributed by atoms with Gasteiger partial charge >= 0.3 is 0 Å². The number of carbonyl (C=O) groups excluding carboxylic acids is 1. The number of hydrogen-bond acceptors (Lipinski definition) is 5. The summed E-state index contributed by atoms with van der Waals surface area (Å²) in [5, 5.41) is 14.8. The van der Waals surface area contributed by atoms with Crippen molar-refractivity contribution in [2.45, 2.75) is 50.5 Å². The van der Waals surface area contributed by atoms with Crippen molar-refractivity contribution >= 4 is 5.91 Å². The molecule has 1 aliphatic heterocycles. The lowest BCUT2D eigenvalue weighted by Crippen LogP contribution is -2.41. The summed E-state index contributed by atoms with van der Waals surface area (Å²) >= 11 is 0. The summed E-state index contributed by atoms with van der Waals surface area (Å²) in [7, 11) is 3.93. The van der Waals surface area contributed by atoms with Crippen molar-refractivity contribution in [2.75, 3.05) is 33.7 Å². The molecule has 1 aromatic rings. The van der Waals surface area contributed by atoms with E-state index in [1.54, 1.807) is 0 Å². The van der Waals surface area contributed by atoms with Gasteiger partial charge in [-0.15, -0.1) is 0 Å². The third-order valence-electron chi connectivity index (χ3n) is 4.97. The van der Waals surface area contributed by atoms with Gasteiger partial charge in [0, 0.05) is 25.2 Å². The van der Waals surface area contributed by atoms with Gasteiger partial charge in [-0.3, -0.25) is 4.79 Å². The van der Waals surface area contributed by atoms with E-state index < -0.39 is 5.60 Å². The first-order valence-corrected chi connectivity index (χ1v) is 8.62. The molecule has 128 valence electrons. The molecule has 1 fully saturated rings. The molecule has 1 amide bonds. The second-order valence-corrected chi connectivity index (χ2v) is 7.25. The Morgan fingerprint density at radius 1 is 1.26 bits per heavy atom. The van der Waals surface area contributed by atoms with E-state index in [4.69, 9.17) is 4.52 Å². The Morgan fingerprint density at radius 3 is 2.83 bits per heavy atom. The van der Waals surface area contributed by atoms with E-state index in [1.165, 1.54) is 0 Å². The Bertz CT molecular complexity index is 569. The van der Waals surface area contributed by atoms with E-state index >= 15 is 0 Å². The van der Waals surface area contributed by atoms with Crippen LogP contribution in [0.5, 0.6) is 0 Å². The van der Waals surface area contributed by atoms with E-state index in [1.807, 2.05) is 23.9 Å². The minimum Gasteiger partial charge on any atom is -0.388 e. The van der Waals surface area contributed by atoms with Crippen molar-refractivity contribution in [1.29, 1.82) is 0 Å². The molecule has 3 rings (SSSR count). The van der Waals surface area contributed by atoms with Gasteiger partial charge in [-0.25, -0.2) is 0 Å². The van der Waals surface area contributed by atoms with Gasteiger partial charge in [0.25, 0.3) is 5.91 Å². The molecule has 2 aliphatic rings. The summed E-state index contributed by atoms with van der Waals surface area (Å²) in [6, 6.07) is 0. The molecule has 23 heavy (non-hydrogen) atoms. The van der Waals surface area contributed by atoms with Gasteiger partial charge in [0.15, 0.2) is 0 Å². The SMILES string of the molecule is CN(C)C[C@@]1(O)CCCN(C(=O)c2onc3c2CCCC3)CC1. The molecule has 6 heteroatoms. The van der Waals surface area contributed by atoms with Crippen LogP contribution < -0.4 is 0 Å². The van der Waals surface area contributed by atoms with E-state index in [-0.39, 0.29) is 5.91 Å². The lowest BCUT2D eigenvalue weighted by atomic mass is 9.94. The van der Waals surface area contributed by atoms with Gasteiger partial charge in [0.1, 0.15) is 0 Å². The van der Waals surface area contributed by atoms with Crippen LogP contribution >= 0.6 is 0 Å². The van der Waals surface area contributed by atoms with E-state index in [0.29, 0.717) is 31.8 Å². The number of likely N-dealkylation sites (N-methyl/N-ethyl adjacent to an activating group) is 1. The van der Waals surface area contributed by atoms with E-state index in [0.717, 1.165) is 49.8 Å². The predicted octanol–water partition coefficient (Wildman–Crippen LogP) is 1.47. The van der Waals surface area contributed by atoms with Crippen LogP contribution in [0.3, 0.4) is 0 Å². The summed E-state index contributed by atoms with van der Waals surface area (Å²) < 4.78 is 5.38. The first-order chi connectivity index (χ1) is 11.0. The van der Waals surface area contributed by atoms with Crippen LogP contribution in [0.4, 0.5) is 0 Å². The first-order valence-electron chi connectivity index (χ1n) is 8.62. The standard InChI is InChI=1S/C17H27N3O3/c1-19(2)12-17(22)8-5-10-20(11-9-17)16(21)15-13-6-3-4-7-14(13)18-23-15/h22H,3-12H2,1-2H3/t17-/m1/s1. The van der Waals surface area contributed by atoms with Crippen LogP contribution in [0.2, 0.25) is 0 Å². The lowest BCUT2D eigenvalue weighted by molar-refractivity contribution is 0.00294. The molecule has 0 unspecified atom stereocenters. The maximum absolute atomic E-state index is 12.8. The number of aromatic nitrogens is 1. The average molecular weight is 321 g/mol. The molecule has 1 aromatic heterocycles. The van der Waals surface area contributed by atoms with Crippen LogP contribution in [-0.2, 0) is 12.8 Å². The van der Waals surface area contributed by atoms with Crippen LogP contribution in [0.25, 0.3) is 0 Å². The number of carbonyl (C=O) groups is 1. The third kappa shape index (κ3) is 3.58. The van der Waals surface area contributed by atoms with Crippen molar-refractivity contribution in [1.82, 2.24) is 15.0 Å². The zero-order valence-electron chi connectivity index (χ0n) is 14.2. The molecule has 0 bridgehead atoms. The smallest absolute Gasteiger partial charge is 0.292 e. The van der Waals surface area contributed by atoms with E-state index in [9.17, 15) is 9.90 Å². The molecule has 0 aromatic carbocycles. The highest BCUT2D eigenvalue weighted by Crippen LogP contribution is 2.27. The minimum atomic E-state index is -0.709. The molecular weight excluding hydrogens is 294 g/mol. The summed E-state index contributed by atoms with van der Waals surface area (Å²) in [4.78, 5) is 16.6. The topological polar surface area (TPSA) is 69.8 Å². The molecule has 1 atom stereocenters. The first kappa shape index (κ1) is 16.5. The molecule has 0 saturated carbocycles. The lowest BCUT2D eigenvalue weighted by Gasteiger charge is -2.29. The largest absolute Gasteiger partial charge is 0.388 e. The monoisotopic (exact) mass is 321 g/mol. The van der Waals surface area contributed by atoms with Gasteiger partial charge in [-0.1, -0.05) is 5.16 Å². The average Bonchev–Trinajstić information content (AvgIpc) is 2.84. The summed E-state index contributed by atoms with van der Waals surface area (Å²) in [5.74, 6) is 0.368. The van der Waals surface area contributed by atoms with Gasteiger partial charge in [0.05, 0.1) is 11.3 Å². The Labute approximate surface area is 137 Å². The van der Waals surface area contributed by atoms with E-state index in [2.05, 4.69) is 5.16 Å². The van der Waals surface area contributed by atoms with Crippen molar-refractivity contribution in [3.05, 3.63) is 17.0 Å². The highest BCUT2D eigenvalue weighted by molar-refractivity contribution is 5.93. The van der Waals surface area contributed by atoms with Crippen LogP contribution in [0, 0.1) is 0 Å². The molecule has 6 nitrogen and oxygen atoms in total. The summed E-state index contributed by atoms with van der Waals surface area (Å²) in [5.41, 5.74) is 1.26. The Kier molecular flexibility index (Phi) is 4.73. The molecule has 2 heterocycles. The molecule has 1 aliphatic carbocycles. The van der Waals surface area contributed by atoms with Gasteiger partial charge < -0.3 is 19.4 Å².